The molecule has 0 bridgehead atoms. The van der Waals surface area contributed by atoms with Crippen molar-refractivity contribution in [1.82, 2.24) is 5.32 Å². The number of hydrogen-bond donors (Lipinski definition) is 3. The number of carbonyl (C=O) groups excluding carboxylic acids is 1. The second-order valence-corrected chi connectivity index (χ2v) is 5.65. The van der Waals surface area contributed by atoms with Gasteiger partial charge >= 0.3 is 6.03 Å². The minimum atomic E-state index is -0.742. The van der Waals surface area contributed by atoms with E-state index in [1.807, 2.05) is 74.4 Å². The molecule has 0 saturated carbocycles. The fraction of sp³-hybridized carbons (Fsp3) is 0.278. The summed E-state index contributed by atoms with van der Waals surface area (Å²) in [5.41, 5.74) is 3.58. The Balaban J connectivity index is 1.87. The molecular weight excluding hydrogens is 290 g/mol. The van der Waals surface area contributed by atoms with Gasteiger partial charge in [0.15, 0.2) is 0 Å². The van der Waals surface area contributed by atoms with E-state index in [0.29, 0.717) is 0 Å². The minimum Gasteiger partial charge on any atom is -0.387 e. The van der Waals surface area contributed by atoms with Crippen LogP contribution in [-0.4, -0.2) is 31.8 Å². The average molecular weight is 313 g/mol. The van der Waals surface area contributed by atoms with E-state index in [-0.39, 0.29) is 12.6 Å². The number of aliphatic hydroxyl groups excluding tert-OH is 1. The smallest absolute Gasteiger partial charge is 0.319 e. The molecule has 1 atom stereocenters. The second kappa shape index (κ2) is 7.65. The Labute approximate surface area is 136 Å². The Morgan fingerprint density at radius 1 is 1.13 bits per heavy atom. The van der Waals surface area contributed by atoms with Crippen LogP contribution in [0.1, 0.15) is 17.2 Å². The number of anilines is 2. The summed E-state index contributed by atoms with van der Waals surface area (Å²) in [5.74, 6) is 0. The summed E-state index contributed by atoms with van der Waals surface area (Å²) in [6, 6.07) is 14.8. The molecule has 2 rings (SSSR count). The normalized spacial score (nSPS) is 11.7. The van der Waals surface area contributed by atoms with Crippen molar-refractivity contribution >= 4 is 17.4 Å². The van der Waals surface area contributed by atoms with Crippen molar-refractivity contribution in [1.29, 1.82) is 0 Å². The summed E-state index contributed by atoms with van der Waals surface area (Å²) in [5, 5.41) is 15.6. The number of carbonyl (C=O) groups is 1. The molecule has 122 valence electrons. The Kier molecular flexibility index (Phi) is 5.60. The van der Waals surface area contributed by atoms with Crippen molar-refractivity contribution in [2.75, 3.05) is 30.9 Å². The number of nitrogens with one attached hydrogen (secondary N) is 2. The third-order valence-electron chi connectivity index (χ3n) is 3.64. The van der Waals surface area contributed by atoms with E-state index >= 15 is 0 Å². The molecule has 0 heterocycles. The van der Waals surface area contributed by atoms with Gasteiger partial charge in [0.1, 0.15) is 0 Å². The zero-order valence-electron chi connectivity index (χ0n) is 13.7. The second-order valence-electron chi connectivity index (χ2n) is 5.65. The number of urea groups is 1. The summed E-state index contributed by atoms with van der Waals surface area (Å²) in [6.07, 6.45) is -0.742. The standard InChI is InChI=1S/C18H23N3O2/c1-13-6-4-5-7-16(13)20-18(23)19-12-17(22)14-8-10-15(11-9-14)21(2)3/h4-11,17,22H,12H2,1-3H3,(H2,19,20,23)/t17-/m1/s1. The Morgan fingerprint density at radius 3 is 2.39 bits per heavy atom. The molecule has 5 nitrogen and oxygen atoms in total. The van der Waals surface area contributed by atoms with Crippen molar-refractivity contribution in [3.63, 3.8) is 0 Å². The number of amides is 2. The maximum atomic E-state index is 11.9. The van der Waals surface area contributed by atoms with E-state index in [4.69, 9.17) is 0 Å². The monoisotopic (exact) mass is 313 g/mol. The first-order chi connectivity index (χ1) is 11.0. The maximum absolute atomic E-state index is 11.9. The van der Waals surface area contributed by atoms with Gasteiger partial charge in [0.25, 0.3) is 0 Å². The number of para-hydroxylation sites is 1. The highest BCUT2D eigenvalue weighted by Crippen LogP contribution is 2.17. The molecular formula is C18H23N3O2. The molecule has 0 aromatic heterocycles. The molecule has 3 N–H and O–H groups in total. The van der Waals surface area contributed by atoms with E-state index in [2.05, 4.69) is 10.6 Å². The van der Waals surface area contributed by atoms with Crippen LogP contribution in [0.4, 0.5) is 16.2 Å². The number of aryl methyl sites for hydroxylation is 1. The van der Waals surface area contributed by atoms with Gasteiger partial charge in [-0.05, 0) is 36.2 Å². The van der Waals surface area contributed by atoms with Crippen molar-refractivity contribution in [3.05, 3.63) is 59.7 Å². The van der Waals surface area contributed by atoms with E-state index in [1.54, 1.807) is 0 Å². The lowest BCUT2D eigenvalue weighted by molar-refractivity contribution is 0.175. The first-order valence-electron chi connectivity index (χ1n) is 7.53. The number of rotatable bonds is 5. The summed E-state index contributed by atoms with van der Waals surface area (Å²) in [6.45, 7) is 2.08. The highest BCUT2D eigenvalue weighted by atomic mass is 16.3. The molecule has 0 unspecified atom stereocenters. The summed E-state index contributed by atoms with van der Waals surface area (Å²) < 4.78 is 0. The van der Waals surface area contributed by atoms with Crippen LogP contribution in [0.5, 0.6) is 0 Å². The Bertz CT molecular complexity index is 654. The van der Waals surface area contributed by atoms with Crippen LogP contribution >= 0.6 is 0 Å². The lowest BCUT2D eigenvalue weighted by Crippen LogP contribution is -2.32. The predicted octanol–water partition coefficient (Wildman–Crippen LogP) is 2.92. The van der Waals surface area contributed by atoms with Crippen molar-refractivity contribution in [2.24, 2.45) is 0 Å². The maximum Gasteiger partial charge on any atom is 0.319 e. The third kappa shape index (κ3) is 4.72. The number of nitrogens with zero attached hydrogens (tertiary/aromatic N) is 1. The molecule has 0 spiro atoms. The molecule has 0 aliphatic heterocycles. The summed E-state index contributed by atoms with van der Waals surface area (Å²) in [4.78, 5) is 13.9. The van der Waals surface area contributed by atoms with Gasteiger partial charge in [-0.2, -0.15) is 0 Å². The van der Waals surface area contributed by atoms with Gasteiger partial charge in [0, 0.05) is 32.0 Å². The van der Waals surface area contributed by atoms with Crippen LogP contribution in [0, 0.1) is 6.92 Å². The van der Waals surface area contributed by atoms with Crippen LogP contribution in [0.2, 0.25) is 0 Å². The highest BCUT2D eigenvalue weighted by Gasteiger charge is 2.10. The van der Waals surface area contributed by atoms with Crippen molar-refractivity contribution in [3.8, 4) is 0 Å². The fourth-order valence-electron chi connectivity index (χ4n) is 2.18. The molecule has 0 radical (unpaired) electrons. The van der Waals surface area contributed by atoms with E-state index in [1.165, 1.54) is 0 Å². The van der Waals surface area contributed by atoms with E-state index in [0.717, 1.165) is 22.5 Å². The summed E-state index contributed by atoms with van der Waals surface area (Å²) >= 11 is 0. The molecule has 0 aliphatic carbocycles. The number of benzene rings is 2. The van der Waals surface area contributed by atoms with E-state index in [9.17, 15) is 9.90 Å². The third-order valence-corrected chi connectivity index (χ3v) is 3.64. The van der Waals surface area contributed by atoms with Gasteiger partial charge in [-0.25, -0.2) is 4.79 Å². The van der Waals surface area contributed by atoms with E-state index < -0.39 is 6.10 Å². The molecule has 2 amide bonds. The van der Waals surface area contributed by atoms with Gasteiger partial charge in [-0.1, -0.05) is 30.3 Å². The van der Waals surface area contributed by atoms with Gasteiger partial charge < -0.3 is 20.6 Å². The van der Waals surface area contributed by atoms with Crippen LogP contribution in [0.25, 0.3) is 0 Å². The molecule has 5 heteroatoms. The van der Waals surface area contributed by atoms with Gasteiger partial charge in [-0.15, -0.1) is 0 Å². The molecule has 2 aromatic carbocycles. The highest BCUT2D eigenvalue weighted by molar-refractivity contribution is 5.90. The molecule has 0 aliphatic rings. The Morgan fingerprint density at radius 2 is 1.78 bits per heavy atom. The van der Waals surface area contributed by atoms with Crippen LogP contribution in [0.3, 0.4) is 0 Å². The van der Waals surface area contributed by atoms with Gasteiger partial charge in [0.05, 0.1) is 6.10 Å². The zero-order chi connectivity index (χ0) is 16.8. The predicted molar refractivity (Wildman–Crippen MR) is 93.9 cm³/mol. The Hall–Kier alpha value is -2.53. The lowest BCUT2D eigenvalue weighted by atomic mass is 10.1. The van der Waals surface area contributed by atoms with Crippen LogP contribution in [-0.2, 0) is 0 Å². The first-order valence-corrected chi connectivity index (χ1v) is 7.53. The molecule has 2 aromatic rings. The minimum absolute atomic E-state index is 0.152. The van der Waals surface area contributed by atoms with Crippen molar-refractivity contribution < 1.29 is 9.90 Å². The number of aliphatic hydroxyl groups is 1. The largest absolute Gasteiger partial charge is 0.387 e. The van der Waals surface area contributed by atoms with Crippen LogP contribution in [0.15, 0.2) is 48.5 Å². The lowest BCUT2D eigenvalue weighted by Gasteiger charge is -2.16. The molecule has 0 saturated heterocycles. The number of hydrogen-bond acceptors (Lipinski definition) is 3. The fourth-order valence-corrected chi connectivity index (χ4v) is 2.18. The quantitative estimate of drug-likeness (QED) is 0.795. The first kappa shape index (κ1) is 16.8. The molecule has 0 fully saturated rings. The van der Waals surface area contributed by atoms with Gasteiger partial charge in [0.2, 0.25) is 0 Å². The average Bonchev–Trinajstić information content (AvgIpc) is 2.55. The van der Waals surface area contributed by atoms with Crippen molar-refractivity contribution in [2.45, 2.75) is 13.0 Å². The summed E-state index contributed by atoms with van der Waals surface area (Å²) in [7, 11) is 3.92. The SMILES string of the molecule is Cc1ccccc1NC(=O)NC[C@@H](O)c1ccc(N(C)C)cc1. The van der Waals surface area contributed by atoms with Gasteiger partial charge in [-0.3, -0.25) is 0 Å². The topological polar surface area (TPSA) is 64.6 Å². The zero-order valence-corrected chi connectivity index (χ0v) is 13.7. The van der Waals surface area contributed by atoms with Crippen LogP contribution < -0.4 is 15.5 Å². The molecule has 23 heavy (non-hydrogen) atoms.